The Kier molecular flexibility index (Phi) is 4.49. The first-order valence-corrected chi connectivity index (χ1v) is 5.90. The van der Waals surface area contributed by atoms with Crippen molar-refractivity contribution in [3.05, 3.63) is 24.0 Å². The van der Waals surface area contributed by atoms with Crippen LogP contribution in [0.4, 0.5) is 0 Å². The molecule has 1 unspecified atom stereocenters. The van der Waals surface area contributed by atoms with Gasteiger partial charge in [-0.3, -0.25) is 9.78 Å². The molecule has 2 N–H and O–H groups in total. The summed E-state index contributed by atoms with van der Waals surface area (Å²) in [6.07, 6.45) is 3.11. The molecule has 0 saturated carbocycles. The van der Waals surface area contributed by atoms with Gasteiger partial charge < -0.3 is 20.1 Å². The van der Waals surface area contributed by atoms with E-state index < -0.39 is 0 Å². The van der Waals surface area contributed by atoms with Gasteiger partial charge in [0.15, 0.2) is 0 Å². The molecule has 1 aliphatic heterocycles. The maximum Gasteiger partial charge on any atom is 0.255 e. The lowest BCUT2D eigenvalue weighted by Crippen LogP contribution is -2.45. The van der Waals surface area contributed by atoms with Crippen molar-refractivity contribution in [2.24, 2.45) is 0 Å². The highest BCUT2D eigenvalue weighted by molar-refractivity contribution is 5.96. The van der Waals surface area contributed by atoms with Gasteiger partial charge in [0.2, 0.25) is 0 Å². The Balaban J connectivity index is 1.90. The van der Waals surface area contributed by atoms with Crippen LogP contribution in [0.5, 0.6) is 5.75 Å². The molecule has 1 aromatic rings. The van der Waals surface area contributed by atoms with Crippen molar-refractivity contribution in [2.75, 3.05) is 33.4 Å². The fraction of sp³-hybridized carbons (Fsp3) is 0.500. The number of amides is 1. The number of hydrogen-bond donors (Lipinski definition) is 2. The van der Waals surface area contributed by atoms with Crippen LogP contribution >= 0.6 is 0 Å². The molecule has 0 aromatic carbocycles. The number of carbonyl (C=O) groups is 1. The van der Waals surface area contributed by atoms with Gasteiger partial charge in [0.25, 0.3) is 5.91 Å². The molecule has 0 radical (unpaired) electrons. The van der Waals surface area contributed by atoms with Crippen LogP contribution in [-0.4, -0.2) is 50.3 Å². The Hall–Kier alpha value is -1.66. The fourth-order valence-electron chi connectivity index (χ4n) is 1.78. The van der Waals surface area contributed by atoms with E-state index in [4.69, 9.17) is 9.47 Å². The molecule has 1 atom stereocenters. The van der Waals surface area contributed by atoms with Crippen LogP contribution in [0, 0.1) is 0 Å². The number of pyridine rings is 1. The predicted octanol–water partition coefficient (Wildman–Crippen LogP) is -0.192. The van der Waals surface area contributed by atoms with Crippen molar-refractivity contribution in [2.45, 2.75) is 6.10 Å². The van der Waals surface area contributed by atoms with Crippen LogP contribution < -0.4 is 15.4 Å². The highest BCUT2D eigenvalue weighted by Crippen LogP contribution is 2.15. The summed E-state index contributed by atoms with van der Waals surface area (Å²) in [7, 11) is 1.52. The molecule has 0 aliphatic carbocycles. The third kappa shape index (κ3) is 3.18. The maximum atomic E-state index is 12.0. The maximum absolute atomic E-state index is 12.0. The molecular weight excluding hydrogens is 234 g/mol. The van der Waals surface area contributed by atoms with Crippen LogP contribution in [0.25, 0.3) is 0 Å². The number of nitrogens with one attached hydrogen (secondary N) is 2. The smallest absolute Gasteiger partial charge is 0.255 e. The van der Waals surface area contributed by atoms with E-state index in [-0.39, 0.29) is 12.0 Å². The van der Waals surface area contributed by atoms with Gasteiger partial charge >= 0.3 is 0 Å². The zero-order valence-corrected chi connectivity index (χ0v) is 10.3. The summed E-state index contributed by atoms with van der Waals surface area (Å²) < 4.78 is 10.6. The summed E-state index contributed by atoms with van der Waals surface area (Å²) in [6.45, 7) is 2.78. The largest absolute Gasteiger partial charge is 0.494 e. The Morgan fingerprint density at radius 2 is 2.61 bits per heavy atom. The molecule has 1 aliphatic rings. The quantitative estimate of drug-likeness (QED) is 0.776. The summed E-state index contributed by atoms with van der Waals surface area (Å²) in [6, 6.07) is 1.63. The summed E-state index contributed by atoms with van der Waals surface area (Å²) in [5, 5.41) is 6.04. The third-order valence-corrected chi connectivity index (χ3v) is 2.74. The van der Waals surface area contributed by atoms with Gasteiger partial charge in [-0.05, 0) is 6.07 Å². The molecule has 2 heterocycles. The topological polar surface area (TPSA) is 72.5 Å². The average molecular weight is 251 g/mol. The second kappa shape index (κ2) is 6.32. The number of carbonyl (C=O) groups excluding carboxylic acids is 1. The van der Waals surface area contributed by atoms with Crippen LogP contribution in [0.3, 0.4) is 0 Å². The first-order chi connectivity index (χ1) is 8.81. The summed E-state index contributed by atoms with van der Waals surface area (Å²) >= 11 is 0. The normalized spacial score (nSPS) is 19.3. The van der Waals surface area contributed by atoms with E-state index in [0.717, 1.165) is 13.1 Å². The van der Waals surface area contributed by atoms with Crippen molar-refractivity contribution in [3.8, 4) is 5.75 Å². The number of aromatic nitrogens is 1. The van der Waals surface area contributed by atoms with Crippen LogP contribution in [0.2, 0.25) is 0 Å². The Morgan fingerprint density at radius 3 is 3.33 bits per heavy atom. The fourth-order valence-corrected chi connectivity index (χ4v) is 1.78. The third-order valence-electron chi connectivity index (χ3n) is 2.74. The predicted molar refractivity (Wildman–Crippen MR) is 65.7 cm³/mol. The Morgan fingerprint density at radius 1 is 1.72 bits per heavy atom. The summed E-state index contributed by atoms with van der Waals surface area (Å²) in [4.78, 5) is 15.9. The average Bonchev–Trinajstić information content (AvgIpc) is 2.45. The molecule has 1 fully saturated rings. The molecule has 0 bridgehead atoms. The lowest BCUT2D eigenvalue weighted by molar-refractivity contribution is 0.0287. The van der Waals surface area contributed by atoms with Gasteiger partial charge in [-0.25, -0.2) is 0 Å². The van der Waals surface area contributed by atoms with Crippen molar-refractivity contribution in [1.29, 1.82) is 0 Å². The number of morpholine rings is 1. The molecule has 18 heavy (non-hydrogen) atoms. The number of nitrogens with zero attached hydrogens (tertiary/aromatic N) is 1. The minimum atomic E-state index is -0.177. The van der Waals surface area contributed by atoms with Gasteiger partial charge in [-0.1, -0.05) is 0 Å². The first-order valence-electron chi connectivity index (χ1n) is 5.90. The van der Waals surface area contributed by atoms with E-state index >= 15 is 0 Å². The monoisotopic (exact) mass is 251 g/mol. The first kappa shape index (κ1) is 12.8. The van der Waals surface area contributed by atoms with Gasteiger partial charge in [-0.15, -0.1) is 0 Å². The molecule has 0 spiro atoms. The highest BCUT2D eigenvalue weighted by Gasteiger charge is 2.16. The molecule has 1 amide bonds. The van der Waals surface area contributed by atoms with Crippen molar-refractivity contribution < 1.29 is 14.3 Å². The van der Waals surface area contributed by atoms with Crippen molar-refractivity contribution in [3.63, 3.8) is 0 Å². The lowest BCUT2D eigenvalue weighted by atomic mass is 10.2. The number of rotatable bonds is 4. The van der Waals surface area contributed by atoms with E-state index in [0.29, 0.717) is 24.5 Å². The minimum Gasteiger partial charge on any atom is -0.494 e. The van der Waals surface area contributed by atoms with Crippen LogP contribution in [0.15, 0.2) is 18.5 Å². The summed E-state index contributed by atoms with van der Waals surface area (Å²) in [5.74, 6) is 0.293. The molecule has 6 heteroatoms. The van der Waals surface area contributed by atoms with E-state index in [1.54, 1.807) is 12.3 Å². The second-order valence-corrected chi connectivity index (χ2v) is 3.98. The molecule has 98 valence electrons. The van der Waals surface area contributed by atoms with Gasteiger partial charge in [0.1, 0.15) is 5.75 Å². The molecule has 1 saturated heterocycles. The lowest BCUT2D eigenvalue weighted by Gasteiger charge is -2.23. The minimum absolute atomic E-state index is 0.0236. The zero-order chi connectivity index (χ0) is 12.8. The van der Waals surface area contributed by atoms with Gasteiger partial charge in [0, 0.05) is 25.8 Å². The highest BCUT2D eigenvalue weighted by atomic mass is 16.5. The molecular formula is C12H17N3O3. The Labute approximate surface area is 106 Å². The van der Waals surface area contributed by atoms with Gasteiger partial charge in [0.05, 0.1) is 31.6 Å². The van der Waals surface area contributed by atoms with E-state index in [1.165, 1.54) is 13.3 Å². The van der Waals surface area contributed by atoms with E-state index in [2.05, 4.69) is 15.6 Å². The number of ether oxygens (including phenoxy) is 2. The standard InChI is InChI=1S/C12H17N3O3/c1-17-11-8-13-3-2-10(11)12(16)15-7-9-6-14-4-5-18-9/h2-3,8-9,14H,4-7H2,1H3,(H,15,16). The van der Waals surface area contributed by atoms with Crippen LogP contribution in [0.1, 0.15) is 10.4 Å². The van der Waals surface area contributed by atoms with Crippen LogP contribution in [-0.2, 0) is 4.74 Å². The molecule has 6 nitrogen and oxygen atoms in total. The van der Waals surface area contributed by atoms with E-state index in [9.17, 15) is 4.79 Å². The Bertz CT molecular complexity index is 405. The summed E-state index contributed by atoms with van der Waals surface area (Å²) in [5.41, 5.74) is 0.483. The zero-order valence-electron chi connectivity index (χ0n) is 10.3. The SMILES string of the molecule is COc1cnccc1C(=O)NCC1CNCCO1. The van der Waals surface area contributed by atoms with Crippen molar-refractivity contribution >= 4 is 5.91 Å². The van der Waals surface area contributed by atoms with Gasteiger partial charge in [-0.2, -0.15) is 0 Å². The molecule has 1 aromatic heterocycles. The van der Waals surface area contributed by atoms with Crippen molar-refractivity contribution in [1.82, 2.24) is 15.6 Å². The molecule has 2 rings (SSSR count). The number of hydrogen-bond acceptors (Lipinski definition) is 5. The van der Waals surface area contributed by atoms with E-state index in [1.807, 2.05) is 0 Å². The number of methoxy groups -OCH3 is 1. The second-order valence-electron chi connectivity index (χ2n) is 3.98.